The van der Waals surface area contributed by atoms with Crippen LogP contribution in [0, 0.1) is 40.4 Å². The summed E-state index contributed by atoms with van der Waals surface area (Å²) >= 11 is 0. The number of halogens is 2. The number of rotatable bonds is 37. The molecule has 26 nitrogen and oxygen atoms in total. The van der Waals surface area contributed by atoms with Crippen LogP contribution in [-0.2, 0) is 79.9 Å². The van der Waals surface area contributed by atoms with E-state index in [4.69, 9.17) is 43.6 Å². The highest BCUT2D eigenvalue weighted by Crippen LogP contribution is 2.72. The van der Waals surface area contributed by atoms with Gasteiger partial charge in [-0.05, 0) is 141 Å². The number of Topliss-reactive ketones (excluding diaryl/α,β-unsaturated/α-hetero) is 1. The summed E-state index contributed by atoms with van der Waals surface area (Å²) in [5, 5.41) is 28.2. The molecule has 4 aromatic carbocycles. The standard InChI is InChI=1S/C80H98F2N8O18/c1-6-12-71-107-67-45-59-60-44-62(81)61-43-57(91)30-32-77(61,4)79(60,82)65(92)46-78(59,5)80(67,108-71)66(93)49-105-58-26-24-56(25-27-58)87-76(100)106-48-51-18-22-55(23-19-51)86-73(97)63(16-11-33-85-75(83)99)88-74(98)72(50(2)3)89-69(95)31-35-101-37-39-103-41-42-104-40-38-102-36-34-84-68(94)28-29-70(96)90-47-54-15-8-7-13-52(54)20-21-53-14-9-10-17-64(53)90/h7-10,13-15,17-19,22-27,30,32,43,50,59-60,62-63,65,67,71-72,92H,6,11-12,16,28-29,31,33-42,44-49H2,1-5H3,(H,84,94)(H,86,97)(H,87,100)(H,88,98)(H,89,95)(H3,83,85,99)/t59-,60-,62-,63-,65-,67+,71?,72-,77-,78-,79-,80+/m0/s1. The Kier molecular flexibility index (Phi) is 27.8. The van der Waals surface area contributed by atoms with E-state index in [1.807, 2.05) is 55.5 Å². The third kappa shape index (κ3) is 19.1. The van der Waals surface area contributed by atoms with Crippen LogP contribution in [0.4, 0.5) is 35.4 Å². The van der Waals surface area contributed by atoms with Crippen molar-refractivity contribution in [2.75, 3.05) is 88.1 Å². The van der Waals surface area contributed by atoms with Gasteiger partial charge in [0.25, 0.3) is 0 Å². The molecule has 6 aliphatic rings. The number of hydrogen-bond acceptors (Lipinski definition) is 18. The second-order valence-electron chi connectivity index (χ2n) is 28.7. The summed E-state index contributed by atoms with van der Waals surface area (Å²) in [5.74, 6) is 1.55. The van der Waals surface area contributed by atoms with Crippen LogP contribution in [0.5, 0.6) is 5.75 Å². The van der Waals surface area contributed by atoms with Crippen LogP contribution in [-0.4, -0.2) is 179 Å². The van der Waals surface area contributed by atoms with Crippen molar-refractivity contribution >= 4 is 70.3 Å². The number of nitrogens with zero attached hydrogens (tertiary/aromatic N) is 1. The Labute approximate surface area is 627 Å². The average molecular weight is 1500 g/mol. The minimum Gasteiger partial charge on any atom is -0.486 e. The van der Waals surface area contributed by atoms with E-state index in [1.165, 1.54) is 19.1 Å². The van der Waals surface area contributed by atoms with Crippen LogP contribution in [0.25, 0.3) is 0 Å². The van der Waals surface area contributed by atoms with Crippen molar-refractivity contribution in [3.8, 4) is 17.6 Å². The minimum atomic E-state index is -2.35. The number of alkyl halides is 2. The van der Waals surface area contributed by atoms with Gasteiger partial charge in [-0.2, -0.15) is 0 Å². The Bertz CT molecular complexity index is 4020. The number of carbonyl (C=O) groups excluding carboxylic acids is 9. The van der Waals surface area contributed by atoms with Crippen molar-refractivity contribution in [1.82, 2.24) is 21.3 Å². The van der Waals surface area contributed by atoms with Crippen LogP contribution in [0.2, 0.25) is 0 Å². The van der Waals surface area contributed by atoms with Crippen molar-refractivity contribution in [3.63, 3.8) is 0 Å². The number of amides is 8. The predicted octanol–water partition coefficient (Wildman–Crippen LogP) is 7.90. The Hall–Kier alpha value is -9.47. The molecule has 4 fully saturated rings. The Morgan fingerprint density at radius 1 is 0.741 bits per heavy atom. The van der Waals surface area contributed by atoms with E-state index in [-0.39, 0.29) is 127 Å². The van der Waals surface area contributed by atoms with Crippen LogP contribution >= 0.6 is 0 Å². The van der Waals surface area contributed by atoms with Crippen LogP contribution in [0.15, 0.2) is 121 Å². The van der Waals surface area contributed by atoms with Gasteiger partial charge in [-0.3, -0.25) is 38.9 Å². The number of anilines is 3. The molecule has 1 unspecified atom stereocenters. The number of ketones is 2. The molecular weight excluding hydrogens is 1400 g/mol. The van der Waals surface area contributed by atoms with Crippen molar-refractivity contribution in [2.45, 2.75) is 160 Å². The number of allylic oxidation sites excluding steroid dienone is 4. The topological polar surface area (TPSA) is 349 Å². The molecule has 108 heavy (non-hydrogen) atoms. The van der Waals surface area contributed by atoms with Gasteiger partial charge in [0.15, 0.2) is 23.3 Å². The smallest absolute Gasteiger partial charge is 0.411 e. The molecule has 1 saturated heterocycles. The summed E-state index contributed by atoms with van der Waals surface area (Å²) in [5.41, 5.74) is 2.94. The number of fused-ring (bicyclic) bond motifs is 9. The number of ether oxygens (including phenoxy) is 8. The van der Waals surface area contributed by atoms with Crippen LogP contribution in [0.1, 0.15) is 121 Å². The summed E-state index contributed by atoms with van der Waals surface area (Å²) in [6.45, 7) is 10.7. The minimum absolute atomic E-state index is 0.00375. The highest BCUT2D eigenvalue weighted by molar-refractivity contribution is 6.02. The third-order valence-corrected chi connectivity index (χ3v) is 21.2. The monoisotopic (exact) mass is 1500 g/mol. The molecule has 4 aliphatic carbocycles. The molecule has 0 aromatic heterocycles. The quantitative estimate of drug-likeness (QED) is 0.0157. The van der Waals surface area contributed by atoms with Crippen molar-refractivity contribution in [2.24, 2.45) is 34.3 Å². The summed E-state index contributed by atoms with van der Waals surface area (Å²) in [7, 11) is 0. The molecule has 0 bridgehead atoms. The molecule has 28 heteroatoms. The lowest BCUT2D eigenvalue weighted by molar-refractivity contribution is -0.234. The van der Waals surface area contributed by atoms with E-state index in [2.05, 4.69) is 43.7 Å². The lowest BCUT2D eigenvalue weighted by Gasteiger charge is -2.63. The second-order valence-corrected chi connectivity index (χ2v) is 28.7. The van der Waals surface area contributed by atoms with Gasteiger partial charge < -0.3 is 80.2 Å². The van der Waals surface area contributed by atoms with Gasteiger partial charge in [0.1, 0.15) is 37.2 Å². The number of aliphatic hydroxyl groups excluding tert-OH is 1. The number of aliphatic hydroxyl groups is 1. The van der Waals surface area contributed by atoms with Crippen molar-refractivity contribution in [3.05, 3.63) is 143 Å². The molecule has 0 spiro atoms. The molecule has 2 heterocycles. The van der Waals surface area contributed by atoms with E-state index in [9.17, 15) is 48.3 Å². The first-order chi connectivity index (χ1) is 51.9. The number of hydrogen-bond donors (Lipinski definition) is 8. The van der Waals surface area contributed by atoms with Crippen molar-refractivity contribution in [1.29, 1.82) is 0 Å². The number of nitrogens with two attached hydrogens (primary N) is 1. The van der Waals surface area contributed by atoms with Gasteiger partial charge in [0, 0.05) is 71.6 Å². The molecule has 580 valence electrons. The van der Waals surface area contributed by atoms with Crippen LogP contribution in [0.3, 0.4) is 0 Å². The lowest BCUT2D eigenvalue weighted by Crippen LogP contribution is -2.71. The molecular formula is C80H98F2N8O18. The fourth-order valence-corrected chi connectivity index (χ4v) is 15.7. The van der Waals surface area contributed by atoms with E-state index in [0.29, 0.717) is 61.8 Å². The van der Waals surface area contributed by atoms with Gasteiger partial charge in [-0.25, -0.2) is 18.4 Å². The summed E-state index contributed by atoms with van der Waals surface area (Å²) < 4.78 is 81.0. The molecule has 8 amide bonds. The normalized spacial score (nSPS) is 24.7. The zero-order valence-corrected chi connectivity index (χ0v) is 61.6. The highest BCUT2D eigenvalue weighted by atomic mass is 19.1. The first kappa shape index (κ1) is 81.1. The fourth-order valence-electron chi connectivity index (χ4n) is 15.7. The summed E-state index contributed by atoms with van der Waals surface area (Å²) in [6, 6.07) is 24.9. The Balaban J connectivity index is 0.593. The number of carbonyl (C=O) groups is 9. The van der Waals surface area contributed by atoms with Crippen molar-refractivity contribution < 1.29 is 94.9 Å². The van der Waals surface area contributed by atoms with Crippen LogP contribution < -0.4 is 47.3 Å². The third-order valence-electron chi connectivity index (χ3n) is 21.2. The zero-order valence-electron chi connectivity index (χ0n) is 61.6. The molecule has 9 N–H and O–H groups in total. The first-order valence-corrected chi connectivity index (χ1v) is 37.0. The van der Waals surface area contributed by atoms with E-state index < -0.39 is 125 Å². The van der Waals surface area contributed by atoms with E-state index in [0.717, 1.165) is 22.8 Å². The molecule has 0 radical (unpaired) electrons. The number of benzene rings is 4. The summed E-state index contributed by atoms with van der Waals surface area (Å²) in [6.07, 6.45) is -0.776. The number of para-hydroxylation sites is 1. The van der Waals surface area contributed by atoms with E-state index in [1.54, 1.807) is 74.2 Å². The Morgan fingerprint density at radius 2 is 1.40 bits per heavy atom. The average Bonchev–Trinajstić information content (AvgIpc) is 1.44. The lowest BCUT2D eigenvalue weighted by atomic mass is 9.44. The molecule has 3 saturated carbocycles. The van der Waals surface area contributed by atoms with Gasteiger partial charge in [0.2, 0.25) is 35.3 Å². The number of nitrogens with one attached hydrogen (secondary N) is 6. The van der Waals surface area contributed by atoms with E-state index >= 15 is 8.78 Å². The second kappa shape index (κ2) is 37.1. The van der Waals surface area contributed by atoms with Gasteiger partial charge >= 0.3 is 12.1 Å². The molecule has 10 rings (SSSR count). The largest absolute Gasteiger partial charge is 0.486 e. The first-order valence-electron chi connectivity index (χ1n) is 37.0. The predicted molar refractivity (Wildman–Crippen MR) is 393 cm³/mol. The summed E-state index contributed by atoms with van der Waals surface area (Å²) in [4.78, 5) is 120. The maximum absolute atomic E-state index is 18.0. The van der Waals surface area contributed by atoms with Gasteiger partial charge in [-0.1, -0.05) is 94.5 Å². The fraction of sp³-hybridized carbons (Fsp3) is 0.512. The number of urea groups is 1. The zero-order chi connectivity index (χ0) is 77.2. The highest BCUT2D eigenvalue weighted by Gasteiger charge is 2.80. The maximum atomic E-state index is 18.0. The van der Waals surface area contributed by atoms with Gasteiger partial charge in [-0.15, -0.1) is 0 Å². The number of primary amides is 1. The molecule has 2 aliphatic heterocycles. The Morgan fingerprint density at radius 3 is 2.10 bits per heavy atom. The van der Waals surface area contributed by atoms with Gasteiger partial charge in [0.05, 0.1) is 77.3 Å². The molecule has 4 aromatic rings. The molecule has 12 atom stereocenters. The maximum Gasteiger partial charge on any atom is 0.411 e. The SMILES string of the molecule is CCCC1O[C@@H]2C[C@H]3[C@@H]4C[C@H](F)C5=CC(=O)C=C[C@]5(C)[C@@]4(F)[C@@H](O)C[C@]3(C)[C@]2(C(=O)COc2ccc(NC(=O)OCc3ccc(NC(=O)[C@H](CCCNC(N)=O)NC(=O)[C@@H](NC(=O)CCOCCOCCOCCOCCNC(=O)CCC(=O)N4Cc5ccccc5C#Cc5ccccc54)C(C)C)cc3)cc2)O1.